The minimum atomic E-state index is -0.473. The van der Waals surface area contributed by atoms with Gasteiger partial charge in [0.2, 0.25) is 0 Å². The standard InChI is InChI=1S/C20H20Cl2N4O2/c1-4-12(3)23-20(28)17-18(24-16-8-5-11(2)10-26(16)17)25-19(27)14-7-6-13(21)9-15(14)22/h5-10,12H,4H2,1-3H3,(H,23,28)(H,25,27). The first-order valence-corrected chi connectivity index (χ1v) is 9.61. The van der Waals surface area contributed by atoms with Gasteiger partial charge in [0, 0.05) is 17.3 Å². The van der Waals surface area contributed by atoms with Crippen LogP contribution in [0.15, 0.2) is 36.5 Å². The molecule has 2 heterocycles. The van der Waals surface area contributed by atoms with Gasteiger partial charge in [-0.3, -0.25) is 14.0 Å². The molecule has 8 heteroatoms. The van der Waals surface area contributed by atoms with Crippen molar-refractivity contribution in [1.82, 2.24) is 14.7 Å². The Labute approximate surface area is 172 Å². The van der Waals surface area contributed by atoms with Crippen LogP contribution in [-0.2, 0) is 0 Å². The maximum Gasteiger partial charge on any atom is 0.272 e. The van der Waals surface area contributed by atoms with Crippen LogP contribution in [0.4, 0.5) is 5.82 Å². The van der Waals surface area contributed by atoms with Crippen LogP contribution in [0, 0.1) is 6.92 Å². The van der Waals surface area contributed by atoms with Gasteiger partial charge in [0.1, 0.15) is 5.65 Å². The van der Waals surface area contributed by atoms with E-state index < -0.39 is 5.91 Å². The Balaban J connectivity index is 2.03. The fourth-order valence-electron chi connectivity index (χ4n) is 2.70. The summed E-state index contributed by atoms with van der Waals surface area (Å²) in [5, 5.41) is 6.28. The number of halogens is 2. The van der Waals surface area contributed by atoms with Crippen LogP contribution >= 0.6 is 23.2 Å². The number of rotatable bonds is 5. The largest absolute Gasteiger partial charge is 0.348 e. The number of nitrogens with one attached hydrogen (secondary N) is 2. The van der Waals surface area contributed by atoms with Crippen LogP contribution in [0.5, 0.6) is 0 Å². The van der Waals surface area contributed by atoms with E-state index in [1.165, 1.54) is 12.1 Å². The summed E-state index contributed by atoms with van der Waals surface area (Å²) in [5.41, 5.74) is 2.02. The normalized spacial score (nSPS) is 12.0. The fraction of sp³-hybridized carbons (Fsp3) is 0.250. The molecule has 1 atom stereocenters. The van der Waals surface area contributed by atoms with Crippen molar-refractivity contribution in [2.45, 2.75) is 33.2 Å². The summed E-state index contributed by atoms with van der Waals surface area (Å²) in [6.45, 7) is 5.81. The molecule has 0 bridgehead atoms. The van der Waals surface area contributed by atoms with Crippen LogP contribution in [0.2, 0.25) is 10.0 Å². The maximum absolute atomic E-state index is 12.9. The number of pyridine rings is 1. The highest BCUT2D eigenvalue weighted by Gasteiger charge is 2.23. The van der Waals surface area contributed by atoms with E-state index in [4.69, 9.17) is 23.2 Å². The Hall–Kier alpha value is -2.57. The average Bonchev–Trinajstić information content (AvgIpc) is 2.98. The Morgan fingerprint density at radius 3 is 2.61 bits per heavy atom. The zero-order valence-corrected chi connectivity index (χ0v) is 17.2. The number of amides is 2. The summed E-state index contributed by atoms with van der Waals surface area (Å²) >= 11 is 12.0. The zero-order chi connectivity index (χ0) is 20.4. The Morgan fingerprint density at radius 2 is 1.93 bits per heavy atom. The topological polar surface area (TPSA) is 75.5 Å². The molecule has 0 radical (unpaired) electrons. The zero-order valence-electron chi connectivity index (χ0n) is 15.7. The number of aromatic nitrogens is 2. The molecule has 0 aliphatic heterocycles. The number of imidazole rings is 1. The minimum absolute atomic E-state index is 0.0166. The van der Waals surface area contributed by atoms with E-state index in [0.29, 0.717) is 10.7 Å². The second-order valence-corrected chi connectivity index (χ2v) is 7.45. The summed E-state index contributed by atoms with van der Waals surface area (Å²) in [7, 11) is 0. The van der Waals surface area contributed by atoms with Gasteiger partial charge in [0.15, 0.2) is 11.5 Å². The molecule has 2 aromatic heterocycles. The molecule has 1 unspecified atom stereocenters. The Bertz CT molecular complexity index is 1060. The predicted molar refractivity (Wildman–Crippen MR) is 112 cm³/mol. The summed E-state index contributed by atoms with van der Waals surface area (Å²) in [5.74, 6) is -0.619. The fourth-order valence-corrected chi connectivity index (χ4v) is 3.19. The first kappa shape index (κ1) is 20.2. The number of aryl methyl sites for hydroxylation is 1. The monoisotopic (exact) mass is 418 g/mol. The van der Waals surface area contributed by atoms with Crippen LogP contribution < -0.4 is 10.6 Å². The summed E-state index contributed by atoms with van der Waals surface area (Å²) in [4.78, 5) is 30.0. The molecular formula is C20H20Cl2N4O2. The number of carbonyl (C=O) groups is 2. The molecule has 0 fully saturated rings. The van der Waals surface area contributed by atoms with Gasteiger partial charge in [-0.15, -0.1) is 0 Å². The average molecular weight is 419 g/mol. The van der Waals surface area contributed by atoms with E-state index >= 15 is 0 Å². The van der Waals surface area contributed by atoms with Gasteiger partial charge in [-0.25, -0.2) is 4.98 Å². The quantitative estimate of drug-likeness (QED) is 0.628. The van der Waals surface area contributed by atoms with E-state index in [2.05, 4.69) is 15.6 Å². The van der Waals surface area contributed by atoms with E-state index in [1.807, 2.05) is 26.8 Å². The molecule has 0 saturated heterocycles. The van der Waals surface area contributed by atoms with E-state index in [1.54, 1.807) is 22.7 Å². The number of fused-ring (bicyclic) bond motifs is 1. The number of hydrogen-bond donors (Lipinski definition) is 2. The van der Waals surface area contributed by atoms with Crippen LogP contribution in [0.25, 0.3) is 5.65 Å². The van der Waals surface area contributed by atoms with Crippen molar-refractivity contribution in [2.24, 2.45) is 0 Å². The molecule has 0 spiro atoms. The van der Waals surface area contributed by atoms with Crippen molar-refractivity contribution in [1.29, 1.82) is 0 Å². The smallest absolute Gasteiger partial charge is 0.272 e. The van der Waals surface area contributed by atoms with Crippen molar-refractivity contribution in [3.8, 4) is 0 Å². The Morgan fingerprint density at radius 1 is 1.18 bits per heavy atom. The summed E-state index contributed by atoms with van der Waals surface area (Å²) < 4.78 is 1.67. The molecule has 0 aliphatic rings. The van der Waals surface area contributed by atoms with Gasteiger partial charge in [0.05, 0.1) is 10.6 Å². The lowest BCUT2D eigenvalue weighted by Gasteiger charge is -2.13. The van der Waals surface area contributed by atoms with E-state index in [0.717, 1.165) is 12.0 Å². The molecule has 6 nitrogen and oxygen atoms in total. The minimum Gasteiger partial charge on any atom is -0.348 e. The highest BCUT2D eigenvalue weighted by atomic mass is 35.5. The molecule has 28 heavy (non-hydrogen) atoms. The van der Waals surface area contributed by atoms with Gasteiger partial charge in [-0.05, 0) is 50.1 Å². The first-order chi connectivity index (χ1) is 13.3. The first-order valence-electron chi connectivity index (χ1n) is 8.86. The second-order valence-electron chi connectivity index (χ2n) is 6.60. The van der Waals surface area contributed by atoms with Crippen LogP contribution in [-0.4, -0.2) is 27.2 Å². The number of hydrogen-bond acceptors (Lipinski definition) is 3. The van der Waals surface area contributed by atoms with Crippen molar-refractivity contribution < 1.29 is 9.59 Å². The van der Waals surface area contributed by atoms with Gasteiger partial charge < -0.3 is 10.6 Å². The van der Waals surface area contributed by atoms with E-state index in [9.17, 15) is 9.59 Å². The highest BCUT2D eigenvalue weighted by Crippen LogP contribution is 2.24. The van der Waals surface area contributed by atoms with Crippen molar-refractivity contribution in [3.05, 3.63) is 63.4 Å². The molecule has 2 amide bonds. The van der Waals surface area contributed by atoms with Crippen molar-refractivity contribution in [2.75, 3.05) is 5.32 Å². The summed E-state index contributed by atoms with van der Waals surface area (Å²) in [6.07, 6.45) is 2.59. The predicted octanol–water partition coefficient (Wildman–Crippen LogP) is 4.73. The molecule has 0 aliphatic carbocycles. The molecule has 2 N–H and O–H groups in total. The van der Waals surface area contributed by atoms with Crippen molar-refractivity contribution >= 4 is 46.5 Å². The lowest BCUT2D eigenvalue weighted by molar-refractivity contribution is 0.0934. The molecule has 0 saturated carbocycles. The molecular weight excluding hydrogens is 399 g/mol. The second kappa shape index (κ2) is 8.20. The van der Waals surface area contributed by atoms with E-state index in [-0.39, 0.29) is 34.0 Å². The third-order valence-electron chi connectivity index (χ3n) is 4.38. The van der Waals surface area contributed by atoms with Crippen molar-refractivity contribution in [3.63, 3.8) is 0 Å². The molecule has 1 aromatic carbocycles. The van der Waals surface area contributed by atoms with Crippen LogP contribution in [0.3, 0.4) is 0 Å². The lowest BCUT2D eigenvalue weighted by Crippen LogP contribution is -2.33. The summed E-state index contributed by atoms with van der Waals surface area (Å²) in [6, 6.07) is 8.25. The molecule has 3 rings (SSSR count). The number of nitrogens with zero attached hydrogens (tertiary/aromatic N) is 2. The highest BCUT2D eigenvalue weighted by molar-refractivity contribution is 6.37. The lowest BCUT2D eigenvalue weighted by atomic mass is 10.2. The number of carbonyl (C=O) groups excluding carboxylic acids is 2. The van der Waals surface area contributed by atoms with Gasteiger partial charge in [0.25, 0.3) is 11.8 Å². The number of anilines is 1. The SMILES string of the molecule is CCC(C)NC(=O)c1c(NC(=O)c2ccc(Cl)cc2Cl)nc2ccc(C)cn12. The van der Waals surface area contributed by atoms with Crippen LogP contribution in [0.1, 0.15) is 46.7 Å². The van der Waals surface area contributed by atoms with Gasteiger partial charge >= 0.3 is 0 Å². The third kappa shape index (κ3) is 4.13. The molecule has 146 valence electrons. The van der Waals surface area contributed by atoms with Gasteiger partial charge in [-0.1, -0.05) is 36.2 Å². The third-order valence-corrected chi connectivity index (χ3v) is 4.93. The molecule has 3 aromatic rings. The van der Waals surface area contributed by atoms with Gasteiger partial charge in [-0.2, -0.15) is 0 Å². The maximum atomic E-state index is 12.9. The number of benzene rings is 1. The Kier molecular flexibility index (Phi) is 5.91.